The highest BCUT2D eigenvalue weighted by Crippen LogP contribution is 2.27. The van der Waals surface area contributed by atoms with Crippen molar-refractivity contribution in [2.75, 3.05) is 0 Å². The third-order valence-corrected chi connectivity index (χ3v) is 2.57. The predicted molar refractivity (Wildman–Crippen MR) is 56.7 cm³/mol. The van der Waals surface area contributed by atoms with Gasteiger partial charge in [0.2, 0.25) is 0 Å². The van der Waals surface area contributed by atoms with E-state index in [1.807, 2.05) is 30.3 Å². The number of aldehydes is 1. The van der Waals surface area contributed by atoms with E-state index >= 15 is 0 Å². The Morgan fingerprint density at radius 2 is 2.00 bits per heavy atom. The molecule has 0 aromatic heterocycles. The third kappa shape index (κ3) is 2.91. The quantitative estimate of drug-likeness (QED) is 0.750. The molecule has 80 valence electrons. The summed E-state index contributed by atoms with van der Waals surface area (Å²) >= 11 is 0. The minimum Gasteiger partial charge on any atom is -0.481 e. The molecule has 0 bridgehead atoms. The number of rotatable bonds is 5. The summed E-state index contributed by atoms with van der Waals surface area (Å²) in [5, 5.41) is 8.92. The minimum absolute atomic E-state index is 0.235. The van der Waals surface area contributed by atoms with Crippen LogP contribution in [0.4, 0.5) is 0 Å². The van der Waals surface area contributed by atoms with Crippen LogP contribution in [0.3, 0.4) is 0 Å². The number of carbonyl (C=O) groups excluding carboxylic acids is 1. The van der Waals surface area contributed by atoms with Crippen LogP contribution in [0.15, 0.2) is 30.3 Å². The van der Waals surface area contributed by atoms with E-state index < -0.39 is 11.9 Å². The van der Waals surface area contributed by atoms with Crippen LogP contribution >= 0.6 is 0 Å². The van der Waals surface area contributed by atoms with Gasteiger partial charge in [0, 0.05) is 12.3 Å². The normalized spacial score (nSPS) is 14.2. The van der Waals surface area contributed by atoms with Gasteiger partial charge in [-0.05, 0) is 5.56 Å². The van der Waals surface area contributed by atoms with Gasteiger partial charge in [-0.3, -0.25) is 4.79 Å². The second kappa shape index (κ2) is 5.29. The third-order valence-electron chi connectivity index (χ3n) is 2.57. The lowest BCUT2D eigenvalue weighted by molar-refractivity contribution is -0.141. The fourth-order valence-electron chi connectivity index (χ4n) is 1.60. The maximum Gasteiger partial charge on any atom is 0.306 e. The molecular weight excluding hydrogens is 192 g/mol. The molecule has 1 N–H and O–H groups in total. The molecule has 0 amide bonds. The van der Waals surface area contributed by atoms with Crippen LogP contribution in [0.2, 0.25) is 0 Å². The van der Waals surface area contributed by atoms with Gasteiger partial charge in [0.25, 0.3) is 0 Å². The highest BCUT2D eigenvalue weighted by atomic mass is 16.4. The van der Waals surface area contributed by atoms with Crippen LogP contribution in [-0.2, 0) is 9.59 Å². The summed E-state index contributed by atoms with van der Waals surface area (Å²) in [5.41, 5.74) is 0.902. The Kier molecular flexibility index (Phi) is 4.03. The summed E-state index contributed by atoms with van der Waals surface area (Å²) < 4.78 is 0. The maximum atomic E-state index is 10.9. The Balaban J connectivity index is 2.92. The van der Waals surface area contributed by atoms with Crippen molar-refractivity contribution in [3.63, 3.8) is 0 Å². The molecule has 0 aliphatic rings. The van der Waals surface area contributed by atoms with E-state index in [0.717, 1.165) is 11.8 Å². The molecule has 1 rings (SSSR count). The zero-order valence-electron chi connectivity index (χ0n) is 8.59. The lowest BCUT2D eigenvalue weighted by Gasteiger charge is -2.18. The van der Waals surface area contributed by atoms with Gasteiger partial charge < -0.3 is 9.90 Å². The van der Waals surface area contributed by atoms with E-state index in [0.29, 0.717) is 0 Å². The van der Waals surface area contributed by atoms with E-state index in [4.69, 9.17) is 5.11 Å². The molecular formula is C12H14O3. The molecule has 2 unspecified atom stereocenters. The van der Waals surface area contributed by atoms with E-state index in [9.17, 15) is 9.59 Å². The lowest BCUT2D eigenvalue weighted by atomic mass is 9.85. The van der Waals surface area contributed by atoms with Gasteiger partial charge in [-0.15, -0.1) is 0 Å². The minimum atomic E-state index is -0.870. The number of hydrogen-bond acceptors (Lipinski definition) is 2. The first kappa shape index (κ1) is 11.4. The van der Waals surface area contributed by atoms with Crippen molar-refractivity contribution in [1.82, 2.24) is 0 Å². The zero-order chi connectivity index (χ0) is 11.3. The van der Waals surface area contributed by atoms with Gasteiger partial charge in [-0.1, -0.05) is 37.3 Å². The van der Waals surface area contributed by atoms with Crippen molar-refractivity contribution in [2.45, 2.75) is 19.3 Å². The van der Waals surface area contributed by atoms with Crippen molar-refractivity contribution in [2.24, 2.45) is 5.92 Å². The van der Waals surface area contributed by atoms with Gasteiger partial charge in [-0.25, -0.2) is 0 Å². The molecule has 0 aliphatic carbocycles. The standard InChI is InChI=1S/C12H14O3/c1-9(12(14)15)11(7-8-13)10-5-3-2-4-6-10/h2-6,8-9,11H,7H2,1H3,(H,14,15). The molecule has 1 aromatic rings. The van der Waals surface area contributed by atoms with Gasteiger partial charge in [-0.2, -0.15) is 0 Å². The van der Waals surface area contributed by atoms with Crippen LogP contribution in [0.25, 0.3) is 0 Å². The highest BCUT2D eigenvalue weighted by Gasteiger charge is 2.24. The fourth-order valence-corrected chi connectivity index (χ4v) is 1.60. The number of carboxylic acid groups (broad SMARTS) is 1. The summed E-state index contributed by atoms with van der Waals surface area (Å²) in [5.74, 6) is -1.65. The average molecular weight is 206 g/mol. The van der Waals surface area contributed by atoms with Crippen molar-refractivity contribution >= 4 is 12.3 Å². The molecule has 15 heavy (non-hydrogen) atoms. The molecule has 3 nitrogen and oxygen atoms in total. The highest BCUT2D eigenvalue weighted by molar-refractivity contribution is 5.71. The van der Waals surface area contributed by atoms with E-state index in [2.05, 4.69) is 0 Å². The maximum absolute atomic E-state index is 10.9. The van der Waals surface area contributed by atoms with Crippen LogP contribution in [0.1, 0.15) is 24.8 Å². The van der Waals surface area contributed by atoms with Crippen LogP contribution < -0.4 is 0 Å². The number of aliphatic carboxylic acids is 1. The summed E-state index contributed by atoms with van der Waals surface area (Å²) in [6.45, 7) is 1.63. The first-order chi connectivity index (χ1) is 7.16. The summed E-state index contributed by atoms with van der Waals surface area (Å²) in [4.78, 5) is 21.4. The second-order valence-corrected chi connectivity index (χ2v) is 3.55. The second-order valence-electron chi connectivity index (χ2n) is 3.55. The topological polar surface area (TPSA) is 54.4 Å². The smallest absolute Gasteiger partial charge is 0.306 e. The van der Waals surface area contributed by atoms with Crippen molar-refractivity contribution < 1.29 is 14.7 Å². The van der Waals surface area contributed by atoms with Gasteiger partial charge in [0.05, 0.1) is 5.92 Å². The Bertz CT molecular complexity index is 332. The van der Waals surface area contributed by atoms with E-state index in [1.54, 1.807) is 6.92 Å². The monoisotopic (exact) mass is 206 g/mol. The molecule has 2 atom stereocenters. The molecule has 1 aromatic carbocycles. The van der Waals surface area contributed by atoms with Crippen molar-refractivity contribution in [3.05, 3.63) is 35.9 Å². The fraction of sp³-hybridized carbons (Fsp3) is 0.333. The lowest BCUT2D eigenvalue weighted by Crippen LogP contribution is -2.19. The molecule has 0 fully saturated rings. The first-order valence-electron chi connectivity index (χ1n) is 4.88. The Morgan fingerprint density at radius 3 is 2.47 bits per heavy atom. The Hall–Kier alpha value is -1.64. The summed E-state index contributed by atoms with van der Waals surface area (Å²) in [6.07, 6.45) is 1.02. The van der Waals surface area contributed by atoms with Crippen LogP contribution in [-0.4, -0.2) is 17.4 Å². The number of hydrogen-bond donors (Lipinski definition) is 1. The van der Waals surface area contributed by atoms with Gasteiger partial charge >= 0.3 is 5.97 Å². The first-order valence-corrected chi connectivity index (χ1v) is 4.88. The summed E-state index contributed by atoms with van der Waals surface area (Å²) in [7, 11) is 0. The molecule has 3 heteroatoms. The van der Waals surface area contributed by atoms with E-state index in [1.165, 1.54) is 0 Å². The molecule has 0 saturated carbocycles. The van der Waals surface area contributed by atoms with Crippen LogP contribution in [0, 0.1) is 5.92 Å². The zero-order valence-corrected chi connectivity index (χ0v) is 8.59. The Morgan fingerprint density at radius 1 is 1.40 bits per heavy atom. The molecule has 0 saturated heterocycles. The largest absolute Gasteiger partial charge is 0.481 e. The number of benzene rings is 1. The van der Waals surface area contributed by atoms with Gasteiger partial charge in [0.1, 0.15) is 6.29 Å². The van der Waals surface area contributed by atoms with Gasteiger partial charge in [0.15, 0.2) is 0 Å². The predicted octanol–water partition coefficient (Wildman–Crippen LogP) is 2.08. The SMILES string of the molecule is CC(C(=O)O)C(CC=O)c1ccccc1. The molecule has 0 aliphatic heterocycles. The van der Waals surface area contributed by atoms with E-state index in [-0.39, 0.29) is 12.3 Å². The van der Waals surface area contributed by atoms with Crippen molar-refractivity contribution in [3.8, 4) is 0 Å². The molecule has 0 radical (unpaired) electrons. The number of carbonyl (C=O) groups is 2. The number of carboxylic acids is 1. The molecule has 0 spiro atoms. The average Bonchev–Trinajstić information content (AvgIpc) is 2.26. The summed E-state index contributed by atoms with van der Waals surface area (Å²) in [6, 6.07) is 9.28. The van der Waals surface area contributed by atoms with Crippen molar-refractivity contribution in [1.29, 1.82) is 0 Å². The molecule has 0 heterocycles. The Labute approximate surface area is 88.7 Å². The van der Waals surface area contributed by atoms with Crippen LogP contribution in [0.5, 0.6) is 0 Å².